The Balaban J connectivity index is -0.0000000450. The van der Waals surface area contributed by atoms with Gasteiger partial charge in [-0.25, -0.2) is 0 Å². The Hall–Kier alpha value is 0.960. The van der Waals surface area contributed by atoms with Gasteiger partial charge in [0, 0.05) is 0 Å². The molecular formula is C3H6ClNaO. The van der Waals surface area contributed by atoms with E-state index in [1.54, 1.807) is 0 Å². The van der Waals surface area contributed by atoms with Crippen LogP contribution in [0.15, 0.2) is 0 Å². The molecule has 0 N–H and O–H groups in total. The van der Waals surface area contributed by atoms with Gasteiger partial charge in [-0.05, 0) is 13.8 Å². The van der Waals surface area contributed by atoms with Crippen molar-refractivity contribution in [1.29, 1.82) is 0 Å². The zero-order valence-corrected chi connectivity index (χ0v) is 7.04. The second-order valence-corrected chi connectivity index (χ2v) is 0.908. The molecule has 0 saturated carbocycles. The first-order valence-corrected chi connectivity index (χ1v) is 1.20. The monoisotopic (exact) mass is 116 g/mol. The van der Waals surface area contributed by atoms with E-state index >= 15 is 0 Å². The zero-order chi connectivity index (χ0) is 3.58. The number of carbonyl (C=O) groups excluding carboxylic acids is 1. The van der Waals surface area contributed by atoms with Crippen LogP contribution in [0.3, 0.4) is 0 Å². The van der Waals surface area contributed by atoms with Crippen LogP contribution < -0.4 is 42.0 Å². The average molecular weight is 117 g/mol. The first-order valence-electron chi connectivity index (χ1n) is 1.20. The van der Waals surface area contributed by atoms with Gasteiger partial charge >= 0.3 is 29.6 Å². The maximum absolute atomic E-state index is 9.44. The molecule has 0 aliphatic rings. The maximum atomic E-state index is 9.44. The van der Waals surface area contributed by atoms with Crippen molar-refractivity contribution < 1.29 is 46.8 Å². The van der Waals surface area contributed by atoms with Gasteiger partial charge in [0.1, 0.15) is 5.78 Å². The molecule has 1 nitrogen and oxygen atoms in total. The van der Waals surface area contributed by atoms with E-state index < -0.39 is 0 Å². The van der Waals surface area contributed by atoms with Gasteiger partial charge in [-0.3, -0.25) is 0 Å². The molecule has 0 saturated heterocycles. The fourth-order valence-electron chi connectivity index (χ4n) is 0. The van der Waals surface area contributed by atoms with E-state index in [-0.39, 0.29) is 47.7 Å². The van der Waals surface area contributed by atoms with Crippen LogP contribution in [0.25, 0.3) is 0 Å². The number of hydrogen-bond donors (Lipinski definition) is 0. The van der Waals surface area contributed by atoms with Gasteiger partial charge in [0.15, 0.2) is 0 Å². The van der Waals surface area contributed by atoms with Crippen molar-refractivity contribution in [3.63, 3.8) is 0 Å². The van der Waals surface area contributed by atoms with Crippen LogP contribution in [-0.2, 0) is 4.79 Å². The summed E-state index contributed by atoms with van der Waals surface area (Å²) >= 11 is 0. The Bertz CT molecular complexity index is 33.8. The maximum Gasteiger partial charge on any atom is 1.00 e. The van der Waals surface area contributed by atoms with Crippen LogP contribution in [0.4, 0.5) is 0 Å². The van der Waals surface area contributed by atoms with E-state index in [0.29, 0.717) is 0 Å². The number of halogens is 1. The minimum Gasteiger partial charge on any atom is -1.00 e. The Morgan fingerprint density at radius 2 is 1.33 bits per heavy atom. The van der Waals surface area contributed by atoms with Gasteiger partial charge < -0.3 is 17.2 Å². The molecule has 32 valence electrons. The minimum atomic E-state index is 0. The van der Waals surface area contributed by atoms with Crippen LogP contribution in [-0.4, -0.2) is 5.78 Å². The smallest absolute Gasteiger partial charge is 1.00 e. The number of rotatable bonds is 0. The predicted octanol–water partition coefficient (Wildman–Crippen LogP) is -5.40. The summed E-state index contributed by atoms with van der Waals surface area (Å²) < 4.78 is 0. The summed E-state index contributed by atoms with van der Waals surface area (Å²) in [4.78, 5) is 9.44. The molecule has 0 aromatic rings. The minimum absolute atomic E-state index is 0. The molecule has 0 radical (unpaired) electrons. The molecule has 0 bridgehead atoms. The molecular weight excluding hydrogens is 110 g/mol. The summed E-state index contributed by atoms with van der Waals surface area (Å²) in [7, 11) is 0. The van der Waals surface area contributed by atoms with Crippen LogP contribution >= 0.6 is 0 Å². The Kier molecular flexibility index (Phi) is 24.6. The van der Waals surface area contributed by atoms with Crippen LogP contribution in [0.2, 0.25) is 0 Å². The number of carbonyl (C=O) groups is 1. The van der Waals surface area contributed by atoms with E-state index in [0.717, 1.165) is 0 Å². The summed E-state index contributed by atoms with van der Waals surface area (Å²) in [5.74, 6) is 0.167. The van der Waals surface area contributed by atoms with Crippen molar-refractivity contribution in [2.75, 3.05) is 0 Å². The summed E-state index contributed by atoms with van der Waals surface area (Å²) in [5, 5.41) is 0. The standard InChI is InChI=1S/C3H6O.ClH.Na/c1-3(2)4;;/h1-2H3;1H;/q;;+1/p-1. The molecule has 0 heterocycles. The Morgan fingerprint density at radius 3 is 1.33 bits per heavy atom. The number of ketones is 1. The van der Waals surface area contributed by atoms with Gasteiger partial charge in [-0.15, -0.1) is 0 Å². The normalized spacial score (nSPS) is 4.33. The van der Waals surface area contributed by atoms with Gasteiger partial charge in [0.2, 0.25) is 0 Å². The topological polar surface area (TPSA) is 17.1 Å². The quantitative estimate of drug-likeness (QED) is 0.289. The molecule has 0 spiro atoms. The first-order chi connectivity index (χ1) is 1.73. The molecule has 0 unspecified atom stereocenters. The summed E-state index contributed by atoms with van der Waals surface area (Å²) in [6.07, 6.45) is 0. The van der Waals surface area contributed by atoms with Crippen LogP contribution in [0, 0.1) is 0 Å². The number of Topliss-reactive ketones (excluding diaryl/α,β-unsaturated/α-hetero) is 1. The third-order valence-corrected chi connectivity index (χ3v) is 0. The Labute approximate surface area is 66.2 Å². The zero-order valence-electron chi connectivity index (χ0n) is 4.29. The third kappa shape index (κ3) is 84.4. The largest absolute Gasteiger partial charge is 1.00 e. The predicted molar refractivity (Wildman–Crippen MR) is 16.4 cm³/mol. The van der Waals surface area contributed by atoms with Crippen molar-refractivity contribution in [3.05, 3.63) is 0 Å². The van der Waals surface area contributed by atoms with Gasteiger partial charge in [0.25, 0.3) is 0 Å². The van der Waals surface area contributed by atoms with Crippen molar-refractivity contribution in [2.45, 2.75) is 13.8 Å². The van der Waals surface area contributed by atoms with E-state index in [2.05, 4.69) is 0 Å². The van der Waals surface area contributed by atoms with Crippen LogP contribution in [0.5, 0.6) is 0 Å². The van der Waals surface area contributed by atoms with Crippen molar-refractivity contribution in [2.24, 2.45) is 0 Å². The van der Waals surface area contributed by atoms with Crippen molar-refractivity contribution in [3.8, 4) is 0 Å². The van der Waals surface area contributed by atoms with Gasteiger partial charge in [0.05, 0.1) is 0 Å². The fraction of sp³-hybridized carbons (Fsp3) is 0.667. The fourth-order valence-corrected chi connectivity index (χ4v) is 0. The second-order valence-electron chi connectivity index (χ2n) is 0.908. The van der Waals surface area contributed by atoms with E-state index in [4.69, 9.17) is 0 Å². The molecule has 0 amide bonds. The molecule has 0 aliphatic carbocycles. The Morgan fingerprint density at radius 1 is 1.33 bits per heavy atom. The molecule has 0 atom stereocenters. The average Bonchev–Trinajstić information content (AvgIpc) is 0.811. The van der Waals surface area contributed by atoms with Crippen LogP contribution in [0.1, 0.15) is 13.8 Å². The van der Waals surface area contributed by atoms with Gasteiger partial charge in [-0.1, -0.05) is 0 Å². The van der Waals surface area contributed by atoms with Gasteiger partial charge in [-0.2, -0.15) is 0 Å². The summed E-state index contributed by atoms with van der Waals surface area (Å²) in [6.45, 7) is 3.06. The molecule has 0 aromatic heterocycles. The molecule has 0 rings (SSSR count). The summed E-state index contributed by atoms with van der Waals surface area (Å²) in [5.41, 5.74) is 0. The summed E-state index contributed by atoms with van der Waals surface area (Å²) in [6, 6.07) is 0. The second kappa shape index (κ2) is 9.35. The first kappa shape index (κ1) is 15.8. The van der Waals surface area contributed by atoms with E-state index in [9.17, 15) is 4.79 Å². The van der Waals surface area contributed by atoms with E-state index in [1.807, 2.05) is 0 Å². The van der Waals surface area contributed by atoms with Crippen molar-refractivity contribution >= 4 is 5.78 Å². The molecule has 0 aromatic carbocycles. The van der Waals surface area contributed by atoms with E-state index in [1.165, 1.54) is 13.8 Å². The third-order valence-electron chi connectivity index (χ3n) is 0. The number of hydrogen-bond acceptors (Lipinski definition) is 1. The molecule has 6 heavy (non-hydrogen) atoms. The molecule has 0 fully saturated rings. The SMILES string of the molecule is CC(C)=O.[Cl-].[Na+]. The molecule has 3 heteroatoms. The molecule has 0 aliphatic heterocycles. The van der Waals surface area contributed by atoms with Crippen molar-refractivity contribution in [1.82, 2.24) is 0 Å².